The summed E-state index contributed by atoms with van der Waals surface area (Å²) in [6.07, 6.45) is 2.73. The van der Waals surface area contributed by atoms with E-state index in [1.165, 1.54) is 12.5 Å². The lowest BCUT2D eigenvalue weighted by Gasteiger charge is -2.02. The molecule has 19 heavy (non-hydrogen) atoms. The van der Waals surface area contributed by atoms with E-state index in [1.54, 1.807) is 28.8 Å². The Morgan fingerprint density at radius 2 is 1.95 bits per heavy atom. The van der Waals surface area contributed by atoms with Crippen LogP contribution in [0.25, 0.3) is 0 Å². The fourth-order valence-electron chi connectivity index (χ4n) is 1.68. The first kappa shape index (κ1) is 12.7. The van der Waals surface area contributed by atoms with Gasteiger partial charge in [0, 0.05) is 0 Å². The molecule has 0 unspecified atom stereocenters. The van der Waals surface area contributed by atoms with Crippen LogP contribution in [0.1, 0.15) is 11.1 Å². The van der Waals surface area contributed by atoms with Crippen molar-refractivity contribution in [1.29, 1.82) is 0 Å². The van der Waals surface area contributed by atoms with Crippen LogP contribution < -0.4 is 0 Å². The molecular weight excluding hydrogens is 250 g/mol. The Morgan fingerprint density at radius 1 is 1.32 bits per heavy atom. The van der Waals surface area contributed by atoms with Crippen molar-refractivity contribution >= 4 is 11.8 Å². The van der Waals surface area contributed by atoms with Gasteiger partial charge in [-0.05, 0) is 21.0 Å². The summed E-state index contributed by atoms with van der Waals surface area (Å²) in [5, 5.41) is 19.1. The molecule has 0 aliphatic carbocycles. The molecule has 2 aromatic rings. The molecule has 98 valence electrons. The quantitative estimate of drug-likeness (QED) is 0.649. The predicted molar refractivity (Wildman–Crippen MR) is 65.8 cm³/mol. The van der Waals surface area contributed by atoms with Crippen LogP contribution in [0.15, 0.2) is 36.8 Å². The molecule has 0 saturated heterocycles. The number of nitro groups is 1. The van der Waals surface area contributed by atoms with Gasteiger partial charge in [0.05, 0.1) is 13.0 Å². The van der Waals surface area contributed by atoms with E-state index < -0.39 is 10.9 Å². The van der Waals surface area contributed by atoms with Crippen molar-refractivity contribution in [3.05, 3.63) is 58.0 Å². The fourth-order valence-corrected chi connectivity index (χ4v) is 1.68. The zero-order valence-corrected chi connectivity index (χ0v) is 9.89. The zero-order valence-electron chi connectivity index (χ0n) is 9.89. The Kier molecular flexibility index (Phi) is 3.56. The number of benzene rings is 1. The predicted octanol–water partition coefficient (Wildman–Crippen LogP) is 1.47. The van der Waals surface area contributed by atoms with Crippen LogP contribution in [0.5, 0.6) is 0 Å². The first-order valence-corrected chi connectivity index (χ1v) is 5.50. The van der Waals surface area contributed by atoms with Gasteiger partial charge in [0.1, 0.15) is 6.20 Å². The Hall–Kier alpha value is -2.70. The van der Waals surface area contributed by atoms with Crippen LogP contribution in [-0.2, 0) is 17.8 Å². The number of carboxylic acid groups (broad SMARTS) is 1. The van der Waals surface area contributed by atoms with Crippen molar-refractivity contribution in [2.24, 2.45) is 0 Å². The molecule has 0 bridgehead atoms. The highest BCUT2D eigenvalue weighted by Gasteiger charge is 2.09. The molecule has 0 fully saturated rings. The Morgan fingerprint density at radius 3 is 2.47 bits per heavy atom. The Bertz CT molecular complexity index is 604. The first-order chi connectivity index (χ1) is 9.04. The molecule has 1 aromatic carbocycles. The molecule has 2 rings (SSSR count). The van der Waals surface area contributed by atoms with Crippen LogP contribution in [-0.4, -0.2) is 25.6 Å². The summed E-state index contributed by atoms with van der Waals surface area (Å²) in [4.78, 5) is 24.1. The van der Waals surface area contributed by atoms with Gasteiger partial charge in [0.25, 0.3) is 0 Å². The highest BCUT2D eigenvalue weighted by molar-refractivity contribution is 5.70. The normalized spacial score (nSPS) is 10.3. The SMILES string of the molecule is O=C(O)Cc1ccc(Cn2cnc([N+](=O)[O-])c2)cc1. The maximum Gasteiger partial charge on any atom is 0.381 e. The molecule has 1 aromatic heterocycles. The lowest BCUT2D eigenvalue weighted by molar-refractivity contribution is -0.389. The van der Waals surface area contributed by atoms with Crippen LogP contribution in [0, 0.1) is 10.1 Å². The smallest absolute Gasteiger partial charge is 0.381 e. The molecule has 0 amide bonds. The van der Waals surface area contributed by atoms with Gasteiger partial charge >= 0.3 is 11.8 Å². The van der Waals surface area contributed by atoms with Gasteiger partial charge in [-0.15, -0.1) is 0 Å². The van der Waals surface area contributed by atoms with Gasteiger partial charge in [0.2, 0.25) is 6.33 Å². The van der Waals surface area contributed by atoms with Crippen molar-refractivity contribution in [3.8, 4) is 0 Å². The van der Waals surface area contributed by atoms with Gasteiger partial charge in [-0.3, -0.25) is 4.79 Å². The van der Waals surface area contributed by atoms with E-state index in [0.29, 0.717) is 12.1 Å². The second-order valence-electron chi connectivity index (χ2n) is 4.05. The molecule has 1 heterocycles. The van der Waals surface area contributed by atoms with Crippen molar-refractivity contribution in [3.63, 3.8) is 0 Å². The molecule has 0 radical (unpaired) electrons. The number of rotatable bonds is 5. The molecule has 0 aliphatic rings. The number of nitrogens with zero attached hydrogens (tertiary/aromatic N) is 3. The molecule has 0 spiro atoms. The third-order valence-corrected chi connectivity index (χ3v) is 2.55. The third kappa shape index (κ3) is 3.38. The summed E-state index contributed by atoms with van der Waals surface area (Å²) in [7, 11) is 0. The molecule has 7 nitrogen and oxygen atoms in total. The highest BCUT2D eigenvalue weighted by Crippen LogP contribution is 2.10. The maximum absolute atomic E-state index is 10.5. The van der Waals surface area contributed by atoms with Gasteiger partial charge in [-0.25, -0.2) is 0 Å². The average molecular weight is 261 g/mol. The summed E-state index contributed by atoms with van der Waals surface area (Å²) in [5.74, 6) is -1.07. The second-order valence-corrected chi connectivity index (χ2v) is 4.05. The summed E-state index contributed by atoms with van der Waals surface area (Å²) >= 11 is 0. The topological polar surface area (TPSA) is 98.3 Å². The van der Waals surface area contributed by atoms with E-state index in [9.17, 15) is 14.9 Å². The number of imidazole rings is 1. The number of hydrogen-bond acceptors (Lipinski definition) is 4. The van der Waals surface area contributed by atoms with Crippen molar-refractivity contribution < 1.29 is 14.8 Å². The number of carbonyl (C=O) groups is 1. The van der Waals surface area contributed by atoms with Gasteiger partial charge in [-0.2, -0.15) is 0 Å². The average Bonchev–Trinajstić information content (AvgIpc) is 2.80. The maximum atomic E-state index is 10.5. The minimum absolute atomic E-state index is 0.0170. The minimum atomic E-state index is -0.877. The Balaban J connectivity index is 2.06. The van der Waals surface area contributed by atoms with Crippen LogP contribution in [0.3, 0.4) is 0 Å². The summed E-state index contributed by atoms with van der Waals surface area (Å²) < 4.78 is 1.60. The van der Waals surface area contributed by atoms with Crippen molar-refractivity contribution in [1.82, 2.24) is 9.55 Å². The fraction of sp³-hybridized carbons (Fsp3) is 0.167. The Labute approximate surface area is 108 Å². The highest BCUT2D eigenvalue weighted by atomic mass is 16.6. The summed E-state index contributed by atoms with van der Waals surface area (Å²) in [6.45, 7) is 0.453. The van der Waals surface area contributed by atoms with Crippen molar-refractivity contribution in [2.75, 3.05) is 0 Å². The molecule has 0 saturated carbocycles. The van der Waals surface area contributed by atoms with Gasteiger partial charge in [-0.1, -0.05) is 24.3 Å². The van der Waals surface area contributed by atoms with E-state index in [2.05, 4.69) is 4.98 Å². The van der Waals surface area contributed by atoms with E-state index in [4.69, 9.17) is 5.11 Å². The summed E-state index contributed by atoms with van der Waals surface area (Å²) in [6, 6.07) is 7.05. The third-order valence-electron chi connectivity index (χ3n) is 2.55. The molecule has 1 N–H and O–H groups in total. The lowest BCUT2D eigenvalue weighted by Crippen LogP contribution is -2.01. The van der Waals surface area contributed by atoms with Crippen molar-refractivity contribution in [2.45, 2.75) is 13.0 Å². The molecular formula is C12H11N3O4. The zero-order chi connectivity index (χ0) is 13.8. The van der Waals surface area contributed by atoms with E-state index in [0.717, 1.165) is 5.56 Å². The lowest BCUT2D eigenvalue weighted by atomic mass is 10.1. The second kappa shape index (κ2) is 5.30. The van der Waals surface area contributed by atoms with Gasteiger partial charge in [0.15, 0.2) is 0 Å². The minimum Gasteiger partial charge on any atom is -0.481 e. The number of carboxylic acids is 1. The first-order valence-electron chi connectivity index (χ1n) is 5.50. The molecule has 7 heteroatoms. The standard InChI is InChI=1S/C12H11N3O4/c16-12(17)5-9-1-3-10(4-2-9)6-14-7-11(13-8-14)15(18)19/h1-4,7-8H,5-6H2,(H,16,17). The van der Waals surface area contributed by atoms with Gasteiger partial charge < -0.3 is 19.8 Å². The van der Waals surface area contributed by atoms with Crippen LogP contribution in [0.2, 0.25) is 0 Å². The molecule has 0 atom stereocenters. The number of aliphatic carboxylic acids is 1. The largest absolute Gasteiger partial charge is 0.481 e. The van der Waals surface area contributed by atoms with Crippen LogP contribution >= 0.6 is 0 Å². The van der Waals surface area contributed by atoms with Crippen LogP contribution in [0.4, 0.5) is 5.82 Å². The summed E-state index contributed by atoms with van der Waals surface area (Å²) in [5.41, 5.74) is 1.63. The van der Waals surface area contributed by atoms with E-state index >= 15 is 0 Å². The number of hydrogen-bond donors (Lipinski definition) is 1. The number of aromatic nitrogens is 2. The van der Waals surface area contributed by atoms with E-state index in [-0.39, 0.29) is 12.2 Å². The monoisotopic (exact) mass is 261 g/mol. The molecule has 0 aliphatic heterocycles. The van der Waals surface area contributed by atoms with E-state index in [1.807, 2.05) is 0 Å².